The van der Waals surface area contributed by atoms with E-state index >= 15 is 0 Å². The van der Waals surface area contributed by atoms with Gasteiger partial charge in [0.1, 0.15) is 12.4 Å². The number of nitriles is 1. The molecule has 4 rings (SSSR count). The van der Waals surface area contributed by atoms with Crippen molar-refractivity contribution in [2.75, 3.05) is 13.1 Å². The molecule has 1 unspecified atom stereocenters. The minimum absolute atomic E-state index is 0.0743. The van der Waals surface area contributed by atoms with E-state index in [1.807, 2.05) is 6.07 Å². The first-order valence-electron chi connectivity index (χ1n) is 8.38. The SMILES string of the molecule is N#Cc1ccnc(OC2CCN(C(=O)c3cccc(-n4cnnn4)c3)C2)c1. The maximum atomic E-state index is 12.8. The summed E-state index contributed by atoms with van der Waals surface area (Å²) in [4.78, 5) is 18.7. The fraction of sp³-hybridized carbons (Fsp3) is 0.222. The lowest BCUT2D eigenvalue weighted by molar-refractivity contribution is 0.0771. The summed E-state index contributed by atoms with van der Waals surface area (Å²) in [6.45, 7) is 1.06. The van der Waals surface area contributed by atoms with Gasteiger partial charge in [0.25, 0.3) is 5.91 Å². The highest BCUT2D eigenvalue weighted by Crippen LogP contribution is 2.20. The highest BCUT2D eigenvalue weighted by atomic mass is 16.5. The second-order valence-electron chi connectivity index (χ2n) is 6.08. The van der Waals surface area contributed by atoms with Crippen molar-refractivity contribution in [1.82, 2.24) is 30.1 Å². The molecule has 0 bridgehead atoms. The van der Waals surface area contributed by atoms with Crippen LogP contribution in [0.4, 0.5) is 0 Å². The summed E-state index contributed by atoms with van der Waals surface area (Å²) in [5, 5.41) is 20.0. The molecular weight excluding hydrogens is 346 g/mol. The summed E-state index contributed by atoms with van der Waals surface area (Å²) in [5.41, 5.74) is 1.77. The molecule has 0 aliphatic carbocycles. The Morgan fingerprint density at radius 1 is 1.30 bits per heavy atom. The number of aromatic nitrogens is 5. The van der Waals surface area contributed by atoms with Crippen molar-refractivity contribution >= 4 is 5.91 Å². The third kappa shape index (κ3) is 3.59. The molecule has 1 aromatic carbocycles. The van der Waals surface area contributed by atoms with Crippen LogP contribution in [0.3, 0.4) is 0 Å². The van der Waals surface area contributed by atoms with Gasteiger partial charge < -0.3 is 9.64 Å². The number of rotatable bonds is 4. The smallest absolute Gasteiger partial charge is 0.254 e. The Labute approximate surface area is 154 Å². The minimum Gasteiger partial charge on any atom is -0.472 e. The Morgan fingerprint density at radius 3 is 3.04 bits per heavy atom. The summed E-state index contributed by atoms with van der Waals surface area (Å²) in [5.74, 6) is 0.323. The molecular formula is C18H15N7O2. The highest BCUT2D eigenvalue weighted by molar-refractivity contribution is 5.95. The van der Waals surface area contributed by atoms with Crippen LogP contribution in [0, 0.1) is 11.3 Å². The van der Waals surface area contributed by atoms with Crippen molar-refractivity contribution in [1.29, 1.82) is 5.26 Å². The van der Waals surface area contributed by atoms with Crippen LogP contribution < -0.4 is 4.74 Å². The molecule has 0 spiro atoms. The molecule has 9 nitrogen and oxygen atoms in total. The molecule has 1 fully saturated rings. The fourth-order valence-electron chi connectivity index (χ4n) is 2.97. The zero-order valence-corrected chi connectivity index (χ0v) is 14.3. The molecule has 0 N–H and O–H groups in total. The summed E-state index contributed by atoms with van der Waals surface area (Å²) < 4.78 is 7.33. The van der Waals surface area contributed by atoms with Gasteiger partial charge in [-0.05, 0) is 34.7 Å². The summed E-state index contributed by atoms with van der Waals surface area (Å²) in [6.07, 6.45) is 3.57. The van der Waals surface area contributed by atoms with Gasteiger partial charge in [0.15, 0.2) is 0 Å². The fourth-order valence-corrected chi connectivity index (χ4v) is 2.97. The Bertz CT molecular complexity index is 997. The predicted octanol–water partition coefficient (Wildman–Crippen LogP) is 1.22. The number of hydrogen-bond donors (Lipinski definition) is 0. The monoisotopic (exact) mass is 361 g/mol. The van der Waals surface area contributed by atoms with Crippen LogP contribution in [0.15, 0.2) is 48.9 Å². The maximum absolute atomic E-state index is 12.8. The average molecular weight is 361 g/mol. The van der Waals surface area contributed by atoms with E-state index in [1.165, 1.54) is 17.2 Å². The van der Waals surface area contributed by atoms with Crippen LogP contribution in [-0.4, -0.2) is 55.2 Å². The zero-order chi connectivity index (χ0) is 18.6. The molecule has 1 amide bonds. The third-order valence-corrected chi connectivity index (χ3v) is 4.29. The lowest BCUT2D eigenvalue weighted by Gasteiger charge is -2.17. The number of hydrogen-bond acceptors (Lipinski definition) is 7. The van der Waals surface area contributed by atoms with E-state index in [2.05, 4.69) is 26.6 Å². The molecule has 2 aromatic heterocycles. The first-order chi connectivity index (χ1) is 13.2. The van der Waals surface area contributed by atoms with E-state index in [9.17, 15) is 4.79 Å². The van der Waals surface area contributed by atoms with Crippen LogP contribution >= 0.6 is 0 Å². The molecule has 9 heteroatoms. The molecule has 134 valence electrons. The van der Waals surface area contributed by atoms with E-state index in [4.69, 9.17) is 10.00 Å². The Balaban J connectivity index is 1.43. The van der Waals surface area contributed by atoms with E-state index in [1.54, 1.807) is 35.2 Å². The number of tetrazole rings is 1. The predicted molar refractivity (Wildman–Crippen MR) is 93.0 cm³/mol. The largest absolute Gasteiger partial charge is 0.472 e. The van der Waals surface area contributed by atoms with E-state index < -0.39 is 0 Å². The minimum atomic E-state index is -0.155. The number of carbonyl (C=O) groups is 1. The normalized spacial score (nSPS) is 16.1. The zero-order valence-electron chi connectivity index (χ0n) is 14.3. The van der Waals surface area contributed by atoms with E-state index in [0.29, 0.717) is 36.5 Å². The highest BCUT2D eigenvalue weighted by Gasteiger charge is 2.28. The van der Waals surface area contributed by atoms with Gasteiger partial charge in [0, 0.05) is 30.8 Å². The quantitative estimate of drug-likeness (QED) is 0.687. The standard InChI is InChI=1S/C18H15N7O2/c19-10-13-4-6-20-17(8-13)27-16-5-7-24(11-16)18(26)14-2-1-3-15(9-14)25-12-21-22-23-25/h1-4,6,8-9,12,16H,5,7,11H2. The second-order valence-corrected chi connectivity index (χ2v) is 6.08. The molecule has 0 saturated carbocycles. The molecule has 27 heavy (non-hydrogen) atoms. The van der Waals surface area contributed by atoms with Crippen molar-refractivity contribution in [3.05, 3.63) is 60.0 Å². The summed E-state index contributed by atoms with van der Waals surface area (Å²) in [7, 11) is 0. The number of carbonyl (C=O) groups excluding carboxylic acids is 1. The van der Waals surface area contributed by atoms with Gasteiger partial charge in [0.2, 0.25) is 5.88 Å². The van der Waals surface area contributed by atoms with Gasteiger partial charge in [-0.1, -0.05) is 6.07 Å². The first kappa shape index (κ1) is 16.7. The van der Waals surface area contributed by atoms with E-state index in [-0.39, 0.29) is 12.0 Å². The lowest BCUT2D eigenvalue weighted by atomic mass is 10.2. The van der Waals surface area contributed by atoms with Gasteiger partial charge in [-0.25, -0.2) is 9.67 Å². The first-order valence-corrected chi connectivity index (χ1v) is 8.38. The maximum Gasteiger partial charge on any atom is 0.254 e. The molecule has 1 aliphatic rings. The molecule has 3 aromatic rings. The second kappa shape index (κ2) is 7.21. The van der Waals surface area contributed by atoms with Crippen molar-refractivity contribution in [2.24, 2.45) is 0 Å². The molecule has 1 atom stereocenters. The average Bonchev–Trinajstić information content (AvgIpc) is 3.40. The number of likely N-dealkylation sites (tertiary alicyclic amines) is 1. The number of amides is 1. The topological polar surface area (TPSA) is 110 Å². The lowest BCUT2D eigenvalue weighted by Crippen LogP contribution is -2.31. The van der Waals surface area contributed by atoms with Crippen molar-refractivity contribution in [3.63, 3.8) is 0 Å². The van der Waals surface area contributed by atoms with Crippen molar-refractivity contribution in [2.45, 2.75) is 12.5 Å². The number of ether oxygens (including phenoxy) is 1. The van der Waals surface area contributed by atoms with Gasteiger partial charge in [0.05, 0.1) is 23.9 Å². The molecule has 1 saturated heterocycles. The number of nitrogens with zero attached hydrogens (tertiary/aromatic N) is 7. The van der Waals surface area contributed by atoms with Crippen molar-refractivity contribution < 1.29 is 9.53 Å². The van der Waals surface area contributed by atoms with Crippen LogP contribution in [0.25, 0.3) is 5.69 Å². The third-order valence-electron chi connectivity index (χ3n) is 4.29. The van der Waals surface area contributed by atoms with Crippen LogP contribution in [0.5, 0.6) is 5.88 Å². The Morgan fingerprint density at radius 2 is 2.22 bits per heavy atom. The number of benzene rings is 1. The summed E-state index contributed by atoms with van der Waals surface area (Å²) in [6, 6.07) is 12.4. The van der Waals surface area contributed by atoms with Crippen LogP contribution in [0.1, 0.15) is 22.3 Å². The molecule has 0 radical (unpaired) electrons. The summed E-state index contributed by atoms with van der Waals surface area (Å²) >= 11 is 0. The Hall–Kier alpha value is -3.80. The molecule has 3 heterocycles. The number of pyridine rings is 1. The van der Waals surface area contributed by atoms with Gasteiger partial charge in [-0.3, -0.25) is 4.79 Å². The van der Waals surface area contributed by atoms with E-state index in [0.717, 1.165) is 5.69 Å². The van der Waals surface area contributed by atoms with Crippen LogP contribution in [-0.2, 0) is 0 Å². The van der Waals surface area contributed by atoms with Gasteiger partial charge in [-0.15, -0.1) is 5.10 Å². The van der Waals surface area contributed by atoms with Gasteiger partial charge >= 0.3 is 0 Å². The van der Waals surface area contributed by atoms with Gasteiger partial charge in [-0.2, -0.15) is 5.26 Å². The Kier molecular flexibility index (Phi) is 4.45. The van der Waals surface area contributed by atoms with Crippen LogP contribution in [0.2, 0.25) is 0 Å². The van der Waals surface area contributed by atoms with Crippen molar-refractivity contribution in [3.8, 4) is 17.6 Å². The molecule has 1 aliphatic heterocycles.